The van der Waals surface area contributed by atoms with Crippen molar-refractivity contribution in [1.29, 1.82) is 5.26 Å². The van der Waals surface area contributed by atoms with Crippen LogP contribution in [0.2, 0.25) is 0 Å². The number of carbonyl (C=O) groups excluding carboxylic acids is 1. The molecular weight excluding hydrogens is 429 g/mol. The molecule has 34 heavy (non-hydrogen) atoms. The summed E-state index contributed by atoms with van der Waals surface area (Å²) in [5.74, 6) is 0.806. The number of hydrogen-bond donors (Lipinski definition) is 0. The maximum atomic E-state index is 13.7. The minimum absolute atomic E-state index is 0.129. The Morgan fingerprint density at radius 3 is 2.41 bits per heavy atom. The highest BCUT2D eigenvalue weighted by molar-refractivity contribution is 5.76. The van der Waals surface area contributed by atoms with Crippen LogP contribution >= 0.6 is 0 Å². The average molecular weight is 458 g/mol. The van der Waals surface area contributed by atoms with Crippen LogP contribution in [0.5, 0.6) is 0 Å². The molecule has 1 aliphatic rings. The van der Waals surface area contributed by atoms with Gasteiger partial charge in [-0.15, -0.1) is 0 Å². The second kappa shape index (κ2) is 11.4. The molecule has 174 valence electrons. The Morgan fingerprint density at radius 2 is 1.74 bits per heavy atom. The summed E-state index contributed by atoms with van der Waals surface area (Å²) in [6.45, 7) is 4.60. The smallest absolute Gasteiger partial charge is 0.223 e. The Bertz CT molecular complexity index is 1120. The standard InChI is InChI=1S/C27H28FN5O/c28-25-5-3-4-24(18-25)21-31(20-23-9-7-22(19-29)8-10-23)13-11-27(34)33-16-14-32(15-17-33)26-6-1-2-12-30-26/h1-10,12,18H,11,13-17,20-21H2. The summed E-state index contributed by atoms with van der Waals surface area (Å²) < 4.78 is 13.7. The summed E-state index contributed by atoms with van der Waals surface area (Å²) in [6, 6.07) is 22.0. The minimum atomic E-state index is -0.266. The zero-order chi connectivity index (χ0) is 23.8. The largest absolute Gasteiger partial charge is 0.353 e. The van der Waals surface area contributed by atoms with Gasteiger partial charge < -0.3 is 9.80 Å². The molecule has 2 aromatic carbocycles. The van der Waals surface area contributed by atoms with Crippen LogP contribution in [0.4, 0.5) is 10.2 Å². The molecule has 1 aliphatic heterocycles. The van der Waals surface area contributed by atoms with E-state index in [-0.39, 0.29) is 11.7 Å². The fourth-order valence-corrected chi connectivity index (χ4v) is 4.19. The Kier molecular flexibility index (Phi) is 7.84. The monoisotopic (exact) mass is 457 g/mol. The molecule has 1 aromatic heterocycles. The number of halogens is 1. The number of nitriles is 1. The molecule has 6 nitrogen and oxygen atoms in total. The summed E-state index contributed by atoms with van der Waals surface area (Å²) in [5.41, 5.74) is 2.53. The Morgan fingerprint density at radius 1 is 0.971 bits per heavy atom. The number of rotatable bonds is 8. The summed E-state index contributed by atoms with van der Waals surface area (Å²) >= 11 is 0. The van der Waals surface area contributed by atoms with E-state index >= 15 is 0 Å². The topological polar surface area (TPSA) is 63.5 Å². The number of piperazine rings is 1. The second-order valence-corrected chi connectivity index (χ2v) is 8.46. The van der Waals surface area contributed by atoms with Gasteiger partial charge >= 0.3 is 0 Å². The van der Waals surface area contributed by atoms with E-state index in [9.17, 15) is 9.18 Å². The van der Waals surface area contributed by atoms with Crippen LogP contribution < -0.4 is 4.90 Å². The maximum Gasteiger partial charge on any atom is 0.223 e. The van der Waals surface area contributed by atoms with Crippen molar-refractivity contribution in [3.8, 4) is 6.07 Å². The first-order valence-electron chi connectivity index (χ1n) is 11.5. The molecule has 1 saturated heterocycles. The van der Waals surface area contributed by atoms with E-state index in [1.165, 1.54) is 12.1 Å². The first-order chi connectivity index (χ1) is 16.6. The van der Waals surface area contributed by atoms with Gasteiger partial charge in [0, 0.05) is 58.4 Å². The Labute approximate surface area is 199 Å². The third kappa shape index (κ3) is 6.40. The molecule has 7 heteroatoms. The fourth-order valence-electron chi connectivity index (χ4n) is 4.19. The van der Waals surface area contributed by atoms with Gasteiger partial charge in [0.1, 0.15) is 11.6 Å². The average Bonchev–Trinajstić information content (AvgIpc) is 2.88. The molecule has 0 radical (unpaired) electrons. The summed E-state index contributed by atoms with van der Waals surface area (Å²) in [4.78, 5) is 23.6. The lowest BCUT2D eigenvalue weighted by atomic mass is 10.1. The van der Waals surface area contributed by atoms with E-state index in [2.05, 4.69) is 20.9 Å². The number of hydrogen-bond acceptors (Lipinski definition) is 5. The SMILES string of the molecule is N#Cc1ccc(CN(CCC(=O)N2CCN(c3ccccn3)CC2)Cc2cccc(F)c2)cc1. The van der Waals surface area contributed by atoms with E-state index in [1.54, 1.807) is 24.4 Å². The van der Waals surface area contributed by atoms with Crippen LogP contribution in [0.15, 0.2) is 72.9 Å². The number of anilines is 1. The number of benzene rings is 2. The third-order valence-electron chi connectivity index (χ3n) is 6.03. The number of nitrogens with zero attached hydrogens (tertiary/aromatic N) is 5. The van der Waals surface area contributed by atoms with Gasteiger partial charge in [0.15, 0.2) is 0 Å². The molecule has 0 unspecified atom stereocenters. The summed E-state index contributed by atoms with van der Waals surface area (Å²) in [5, 5.41) is 9.04. The van der Waals surface area contributed by atoms with Crippen molar-refractivity contribution in [2.45, 2.75) is 19.5 Å². The molecule has 0 N–H and O–H groups in total. The molecule has 0 aliphatic carbocycles. The zero-order valence-electron chi connectivity index (χ0n) is 19.1. The van der Waals surface area contributed by atoms with Crippen LogP contribution in [-0.2, 0) is 17.9 Å². The third-order valence-corrected chi connectivity index (χ3v) is 6.03. The van der Waals surface area contributed by atoms with Crippen molar-refractivity contribution in [2.24, 2.45) is 0 Å². The van der Waals surface area contributed by atoms with Gasteiger partial charge in [-0.25, -0.2) is 9.37 Å². The molecule has 4 rings (SSSR count). The van der Waals surface area contributed by atoms with Crippen molar-refractivity contribution in [2.75, 3.05) is 37.6 Å². The first kappa shape index (κ1) is 23.4. The van der Waals surface area contributed by atoms with Gasteiger partial charge in [-0.3, -0.25) is 9.69 Å². The normalized spacial score (nSPS) is 13.7. The number of aromatic nitrogens is 1. The predicted octanol–water partition coefficient (Wildman–Crippen LogP) is 3.83. The highest BCUT2D eigenvalue weighted by atomic mass is 19.1. The van der Waals surface area contributed by atoms with Crippen molar-refractivity contribution in [1.82, 2.24) is 14.8 Å². The quantitative estimate of drug-likeness (QED) is 0.514. The van der Waals surface area contributed by atoms with Gasteiger partial charge in [-0.1, -0.05) is 30.3 Å². The molecular formula is C27H28FN5O. The van der Waals surface area contributed by atoms with Crippen molar-refractivity contribution in [3.63, 3.8) is 0 Å². The van der Waals surface area contributed by atoms with E-state index in [4.69, 9.17) is 5.26 Å². The van der Waals surface area contributed by atoms with Gasteiger partial charge in [0.2, 0.25) is 5.91 Å². The maximum absolute atomic E-state index is 13.7. The van der Waals surface area contributed by atoms with Gasteiger partial charge in [-0.2, -0.15) is 5.26 Å². The van der Waals surface area contributed by atoms with Crippen molar-refractivity contribution < 1.29 is 9.18 Å². The van der Waals surface area contributed by atoms with Crippen LogP contribution in [0.3, 0.4) is 0 Å². The van der Waals surface area contributed by atoms with E-state index in [0.29, 0.717) is 44.7 Å². The van der Waals surface area contributed by atoms with Crippen molar-refractivity contribution >= 4 is 11.7 Å². The van der Waals surface area contributed by atoms with E-state index in [1.807, 2.05) is 41.3 Å². The van der Waals surface area contributed by atoms with E-state index < -0.39 is 0 Å². The lowest BCUT2D eigenvalue weighted by molar-refractivity contribution is -0.131. The summed E-state index contributed by atoms with van der Waals surface area (Å²) in [7, 11) is 0. The lowest BCUT2D eigenvalue weighted by Crippen LogP contribution is -2.49. The van der Waals surface area contributed by atoms with Crippen LogP contribution in [0.1, 0.15) is 23.1 Å². The summed E-state index contributed by atoms with van der Waals surface area (Å²) in [6.07, 6.45) is 2.18. The van der Waals surface area contributed by atoms with Crippen molar-refractivity contribution in [3.05, 3.63) is 95.4 Å². The molecule has 3 aromatic rings. The van der Waals surface area contributed by atoms with Crippen LogP contribution in [0.25, 0.3) is 0 Å². The molecule has 0 saturated carbocycles. The zero-order valence-corrected chi connectivity index (χ0v) is 19.1. The van der Waals surface area contributed by atoms with E-state index in [0.717, 1.165) is 30.0 Å². The van der Waals surface area contributed by atoms with Gasteiger partial charge in [0.05, 0.1) is 11.6 Å². The van der Waals surface area contributed by atoms with Gasteiger partial charge in [-0.05, 0) is 47.5 Å². The lowest BCUT2D eigenvalue weighted by Gasteiger charge is -2.35. The van der Waals surface area contributed by atoms with Gasteiger partial charge in [0.25, 0.3) is 0 Å². The number of pyridine rings is 1. The predicted molar refractivity (Wildman–Crippen MR) is 129 cm³/mol. The Balaban J connectivity index is 1.35. The fraction of sp³-hybridized carbons (Fsp3) is 0.296. The number of amides is 1. The molecule has 1 amide bonds. The molecule has 0 bridgehead atoms. The molecule has 0 spiro atoms. The van der Waals surface area contributed by atoms with Crippen LogP contribution in [-0.4, -0.2) is 53.4 Å². The second-order valence-electron chi connectivity index (χ2n) is 8.46. The molecule has 2 heterocycles. The van der Waals surface area contributed by atoms with Crippen LogP contribution in [0, 0.1) is 17.1 Å². The molecule has 1 fully saturated rings. The highest BCUT2D eigenvalue weighted by Gasteiger charge is 2.22. The Hall–Kier alpha value is -3.76. The minimum Gasteiger partial charge on any atom is -0.353 e. The first-order valence-corrected chi connectivity index (χ1v) is 11.5. The molecule has 0 atom stereocenters. The highest BCUT2D eigenvalue weighted by Crippen LogP contribution is 2.15. The number of carbonyl (C=O) groups is 1.